The zero-order valence-electron chi connectivity index (χ0n) is 11.6. The molecule has 0 aliphatic heterocycles. The maximum absolute atomic E-state index is 4.46. The Labute approximate surface area is 123 Å². The van der Waals surface area contributed by atoms with Crippen LogP contribution in [0.3, 0.4) is 0 Å². The molecular weight excluding hydrogens is 312 g/mol. The summed E-state index contributed by atoms with van der Waals surface area (Å²) in [7, 11) is 6.18. The third-order valence-corrected chi connectivity index (χ3v) is 4.35. The van der Waals surface area contributed by atoms with Crippen LogP contribution in [0.2, 0.25) is 0 Å². The Kier molecular flexibility index (Phi) is 7.29. The Bertz CT molecular complexity index is 354. The molecule has 0 saturated heterocycles. The van der Waals surface area contributed by atoms with Crippen LogP contribution >= 0.6 is 27.7 Å². The lowest BCUT2D eigenvalue weighted by molar-refractivity contribution is 0.365. The highest BCUT2D eigenvalue weighted by Gasteiger charge is 2.18. The highest BCUT2D eigenvalue weighted by molar-refractivity contribution is 9.10. The van der Waals surface area contributed by atoms with Crippen molar-refractivity contribution in [2.24, 2.45) is 0 Å². The fourth-order valence-electron chi connectivity index (χ4n) is 1.73. The summed E-state index contributed by atoms with van der Waals surface area (Å²) in [6.07, 6.45) is 1.89. The van der Waals surface area contributed by atoms with Gasteiger partial charge in [0.05, 0.1) is 29.0 Å². The average molecular weight is 335 g/mol. The minimum Gasteiger partial charge on any atom is -0.311 e. The van der Waals surface area contributed by atoms with Crippen molar-refractivity contribution < 1.29 is 0 Å². The molecule has 0 fully saturated rings. The van der Waals surface area contributed by atoms with Crippen molar-refractivity contribution >= 4 is 27.7 Å². The normalized spacial score (nSPS) is 13.2. The van der Waals surface area contributed by atoms with Crippen LogP contribution < -0.4 is 5.32 Å². The lowest BCUT2D eigenvalue weighted by Gasteiger charge is -2.19. The summed E-state index contributed by atoms with van der Waals surface area (Å²) < 4.78 is 3.19. The van der Waals surface area contributed by atoms with Gasteiger partial charge in [-0.1, -0.05) is 6.92 Å². The van der Waals surface area contributed by atoms with Gasteiger partial charge in [-0.3, -0.25) is 4.68 Å². The number of thioether (sulfide) groups is 1. The number of likely N-dealkylation sites (N-methyl/N-ethyl adjacent to an activating group) is 1. The van der Waals surface area contributed by atoms with Crippen LogP contribution in [0, 0.1) is 0 Å². The average Bonchev–Trinajstić information content (AvgIpc) is 2.70. The molecule has 0 aromatic carbocycles. The highest BCUT2D eigenvalue weighted by Crippen LogP contribution is 2.25. The first-order valence-electron chi connectivity index (χ1n) is 6.21. The SMILES string of the molecule is CCSCC(NC)c1c(Br)cnn1CCN(C)C. The Morgan fingerprint density at radius 2 is 2.28 bits per heavy atom. The summed E-state index contributed by atoms with van der Waals surface area (Å²) in [5.41, 5.74) is 1.25. The van der Waals surface area contributed by atoms with Crippen molar-refractivity contribution in [1.29, 1.82) is 0 Å². The molecule has 1 rings (SSSR count). The van der Waals surface area contributed by atoms with Crippen molar-refractivity contribution in [3.05, 3.63) is 16.4 Å². The maximum Gasteiger partial charge on any atom is 0.0704 e. The molecule has 1 unspecified atom stereocenters. The van der Waals surface area contributed by atoms with Gasteiger partial charge in [-0.2, -0.15) is 16.9 Å². The van der Waals surface area contributed by atoms with Crippen LogP contribution in [0.5, 0.6) is 0 Å². The van der Waals surface area contributed by atoms with E-state index in [2.05, 4.69) is 56.9 Å². The van der Waals surface area contributed by atoms with E-state index < -0.39 is 0 Å². The summed E-state index contributed by atoms with van der Waals surface area (Å²) in [5, 5.41) is 7.84. The molecule has 4 nitrogen and oxygen atoms in total. The molecule has 104 valence electrons. The molecule has 0 aliphatic carbocycles. The molecule has 1 N–H and O–H groups in total. The van der Waals surface area contributed by atoms with E-state index >= 15 is 0 Å². The van der Waals surface area contributed by atoms with E-state index in [9.17, 15) is 0 Å². The molecule has 1 atom stereocenters. The second kappa shape index (κ2) is 8.19. The van der Waals surface area contributed by atoms with Gasteiger partial charge in [0.1, 0.15) is 0 Å². The fourth-order valence-corrected chi connectivity index (χ4v) is 3.09. The standard InChI is InChI=1S/C12H23BrN4S/c1-5-18-9-11(14-2)12-10(13)8-15-17(12)7-6-16(3)4/h8,11,14H,5-7,9H2,1-4H3. The third-order valence-electron chi connectivity index (χ3n) is 2.76. The van der Waals surface area contributed by atoms with Crippen molar-refractivity contribution in [2.75, 3.05) is 39.2 Å². The van der Waals surface area contributed by atoms with Gasteiger partial charge in [-0.25, -0.2) is 0 Å². The summed E-state index contributed by atoms with van der Waals surface area (Å²) in [5.74, 6) is 2.21. The molecule has 1 heterocycles. The third kappa shape index (κ3) is 4.57. The molecule has 0 saturated carbocycles. The van der Waals surface area contributed by atoms with Gasteiger partial charge < -0.3 is 10.2 Å². The molecule has 1 aromatic rings. The number of hydrogen-bond donors (Lipinski definition) is 1. The van der Waals surface area contributed by atoms with Gasteiger partial charge in [-0.05, 0) is 42.8 Å². The quantitative estimate of drug-likeness (QED) is 0.790. The van der Waals surface area contributed by atoms with Crippen LogP contribution in [-0.2, 0) is 6.54 Å². The molecule has 1 aromatic heterocycles. The van der Waals surface area contributed by atoms with Crippen LogP contribution in [0.4, 0.5) is 0 Å². The lowest BCUT2D eigenvalue weighted by atomic mass is 10.2. The molecule has 0 radical (unpaired) electrons. The number of halogens is 1. The Morgan fingerprint density at radius 3 is 2.83 bits per heavy atom. The zero-order valence-corrected chi connectivity index (χ0v) is 14.0. The topological polar surface area (TPSA) is 33.1 Å². The second-order valence-electron chi connectivity index (χ2n) is 4.40. The largest absolute Gasteiger partial charge is 0.311 e. The number of nitrogens with zero attached hydrogens (tertiary/aromatic N) is 3. The van der Waals surface area contributed by atoms with Crippen LogP contribution in [0.15, 0.2) is 10.7 Å². The van der Waals surface area contributed by atoms with E-state index in [1.54, 1.807) is 0 Å². The van der Waals surface area contributed by atoms with Gasteiger partial charge in [0.15, 0.2) is 0 Å². The van der Waals surface area contributed by atoms with Crippen molar-refractivity contribution in [3.63, 3.8) is 0 Å². The van der Waals surface area contributed by atoms with E-state index in [-0.39, 0.29) is 0 Å². The Morgan fingerprint density at radius 1 is 1.56 bits per heavy atom. The van der Waals surface area contributed by atoms with Gasteiger partial charge in [0, 0.05) is 12.3 Å². The minimum atomic E-state index is 0.342. The fraction of sp³-hybridized carbons (Fsp3) is 0.750. The molecule has 0 aliphatic rings. The van der Waals surface area contributed by atoms with E-state index in [1.165, 1.54) is 5.69 Å². The number of rotatable bonds is 8. The molecule has 6 heteroatoms. The van der Waals surface area contributed by atoms with Crippen molar-refractivity contribution in [3.8, 4) is 0 Å². The van der Waals surface area contributed by atoms with E-state index in [1.807, 2.05) is 25.0 Å². The Balaban J connectivity index is 2.80. The predicted octanol–water partition coefficient (Wildman–Crippen LogP) is 2.22. The highest BCUT2D eigenvalue weighted by atomic mass is 79.9. The molecule has 18 heavy (non-hydrogen) atoms. The molecule has 0 amide bonds. The summed E-state index contributed by atoms with van der Waals surface area (Å²) >= 11 is 5.56. The lowest BCUT2D eigenvalue weighted by Crippen LogP contribution is -2.26. The first-order chi connectivity index (χ1) is 8.60. The van der Waals surface area contributed by atoms with Gasteiger partial charge in [-0.15, -0.1) is 0 Å². The summed E-state index contributed by atoms with van der Waals surface area (Å²) in [6.45, 7) is 4.11. The van der Waals surface area contributed by atoms with Crippen molar-refractivity contribution in [1.82, 2.24) is 20.0 Å². The second-order valence-corrected chi connectivity index (χ2v) is 6.58. The van der Waals surface area contributed by atoms with Crippen LogP contribution in [0.25, 0.3) is 0 Å². The predicted molar refractivity (Wildman–Crippen MR) is 83.3 cm³/mol. The molecule has 0 bridgehead atoms. The van der Waals surface area contributed by atoms with Crippen molar-refractivity contribution in [2.45, 2.75) is 19.5 Å². The minimum absolute atomic E-state index is 0.342. The molecular formula is C12H23BrN4S. The van der Waals surface area contributed by atoms with E-state index in [0.29, 0.717) is 6.04 Å². The summed E-state index contributed by atoms with van der Waals surface area (Å²) in [6, 6.07) is 0.342. The maximum atomic E-state index is 4.46. The van der Waals surface area contributed by atoms with Crippen LogP contribution in [-0.4, -0.2) is 53.9 Å². The first-order valence-corrected chi connectivity index (χ1v) is 8.15. The zero-order chi connectivity index (χ0) is 13.5. The van der Waals surface area contributed by atoms with Crippen LogP contribution in [0.1, 0.15) is 18.7 Å². The van der Waals surface area contributed by atoms with Gasteiger partial charge in [0.25, 0.3) is 0 Å². The van der Waals surface area contributed by atoms with E-state index in [4.69, 9.17) is 0 Å². The van der Waals surface area contributed by atoms with Gasteiger partial charge >= 0.3 is 0 Å². The van der Waals surface area contributed by atoms with Gasteiger partial charge in [0.2, 0.25) is 0 Å². The Hall–Kier alpha value is -0.0400. The van der Waals surface area contributed by atoms with E-state index in [0.717, 1.165) is 29.1 Å². The smallest absolute Gasteiger partial charge is 0.0704 e. The number of nitrogens with one attached hydrogen (secondary N) is 1. The number of aromatic nitrogens is 2. The number of hydrogen-bond acceptors (Lipinski definition) is 4. The molecule has 0 spiro atoms. The summed E-state index contributed by atoms with van der Waals surface area (Å²) in [4.78, 5) is 2.18. The monoisotopic (exact) mass is 334 g/mol. The first kappa shape index (κ1) is 16.0.